The van der Waals surface area contributed by atoms with Crippen LogP contribution in [0.3, 0.4) is 0 Å². The Morgan fingerprint density at radius 3 is 3.11 bits per heavy atom. The minimum Gasteiger partial charge on any atom is -0.493 e. The van der Waals surface area contributed by atoms with Gasteiger partial charge in [-0.05, 0) is 25.2 Å². The first kappa shape index (κ1) is 14.3. The fraction of sp³-hybridized carbons (Fsp3) is 0.769. The minimum absolute atomic E-state index is 0.0516. The van der Waals surface area contributed by atoms with Crippen LogP contribution in [0.5, 0.6) is 5.75 Å². The van der Waals surface area contributed by atoms with E-state index in [4.69, 9.17) is 15.3 Å². The third-order valence-corrected chi connectivity index (χ3v) is 3.62. The summed E-state index contributed by atoms with van der Waals surface area (Å²) in [5.74, 6) is 7.10. The van der Waals surface area contributed by atoms with Crippen molar-refractivity contribution in [2.75, 3.05) is 20.3 Å². The molecule has 6 nitrogen and oxygen atoms in total. The van der Waals surface area contributed by atoms with Gasteiger partial charge >= 0.3 is 0 Å². The van der Waals surface area contributed by atoms with Crippen molar-refractivity contribution in [2.24, 2.45) is 11.8 Å². The molecule has 1 aliphatic heterocycles. The maximum Gasteiger partial charge on any atom is 0.161 e. The maximum absolute atomic E-state index is 5.74. The van der Waals surface area contributed by atoms with Crippen LogP contribution in [0.2, 0.25) is 0 Å². The molecule has 0 saturated carbocycles. The molecule has 1 fully saturated rings. The van der Waals surface area contributed by atoms with Gasteiger partial charge < -0.3 is 9.47 Å². The highest BCUT2D eigenvalue weighted by Crippen LogP contribution is 2.31. The van der Waals surface area contributed by atoms with Crippen LogP contribution in [-0.2, 0) is 11.3 Å². The van der Waals surface area contributed by atoms with E-state index in [9.17, 15) is 0 Å². The minimum atomic E-state index is 0.0516. The first-order chi connectivity index (χ1) is 9.30. The van der Waals surface area contributed by atoms with Crippen molar-refractivity contribution in [1.82, 2.24) is 15.2 Å². The summed E-state index contributed by atoms with van der Waals surface area (Å²) in [7, 11) is 1.67. The summed E-state index contributed by atoms with van der Waals surface area (Å²) in [5.41, 5.74) is 3.95. The monoisotopic (exact) mass is 268 g/mol. The number of nitrogens with zero attached hydrogens (tertiary/aromatic N) is 2. The van der Waals surface area contributed by atoms with Gasteiger partial charge in [-0.1, -0.05) is 6.92 Å². The summed E-state index contributed by atoms with van der Waals surface area (Å²) in [4.78, 5) is 0. The second-order valence-electron chi connectivity index (χ2n) is 5.01. The highest BCUT2D eigenvalue weighted by Gasteiger charge is 2.26. The van der Waals surface area contributed by atoms with Crippen LogP contribution >= 0.6 is 0 Å². The standard InChI is InChI=1S/C13H24N4O2/c1-3-5-17-13(12(18-2)8-15-17)11(16-14)7-10-4-6-19-9-10/h8,10-11,16H,3-7,9,14H2,1-2H3. The molecule has 0 aliphatic carbocycles. The zero-order valence-corrected chi connectivity index (χ0v) is 11.8. The van der Waals surface area contributed by atoms with Crippen LogP contribution in [-0.4, -0.2) is 30.1 Å². The summed E-state index contributed by atoms with van der Waals surface area (Å²) in [5, 5.41) is 4.38. The molecule has 2 atom stereocenters. The number of nitrogens with two attached hydrogens (primary N) is 1. The van der Waals surface area contributed by atoms with Gasteiger partial charge in [-0.3, -0.25) is 16.0 Å². The van der Waals surface area contributed by atoms with E-state index in [-0.39, 0.29) is 6.04 Å². The van der Waals surface area contributed by atoms with Gasteiger partial charge in [0.15, 0.2) is 5.75 Å². The lowest BCUT2D eigenvalue weighted by Gasteiger charge is -2.21. The van der Waals surface area contributed by atoms with E-state index < -0.39 is 0 Å². The molecule has 2 unspecified atom stereocenters. The van der Waals surface area contributed by atoms with Crippen LogP contribution in [0.1, 0.15) is 37.9 Å². The Kier molecular flexibility index (Phi) is 5.18. The molecule has 6 heteroatoms. The van der Waals surface area contributed by atoms with Gasteiger partial charge in [-0.15, -0.1) is 0 Å². The first-order valence-corrected chi connectivity index (χ1v) is 6.93. The molecule has 108 valence electrons. The molecule has 0 bridgehead atoms. The summed E-state index contributed by atoms with van der Waals surface area (Å²) in [6.07, 6.45) is 4.84. The van der Waals surface area contributed by atoms with E-state index in [0.717, 1.165) is 50.5 Å². The number of ether oxygens (including phenoxy) is 2. The maximum atomic E-state index is 5.74. The Hall–Kier alpha value is -1.11. The summed E-state index contributed by atoms with van der Waals surface area (Å²) >= 11 is 0. The fourth-order valence-corrected chi connectivity index (χ4v) is 2.64. The third-order valence-electron chi connectivity index (χ3n) is 3.62. The lowest BCUT2D eigenvalue weighted by atomic mass is 9.97. The molecule has 0 spiro atoms. The van der Waals surface area contributed by atoms with Crippen molar-refractivity contribution in [1.29, 1.82) is 0 Å². The SMILES string of the molecule is CCCn1ncc(OC)c1C(CC1CCOC1)NN. The molecule has 0 radical (unpaired) electrons. The smallest absolute Gasteiger partial charge is 0.161 e. The molecule has 1 aromatic rings. The second kappa shape index (κ2) is 6.88. The lowest BCUT2D eigenvalue weighted by molar-refractivity contribution is 0.181. The molecule has 1 aromatic heterocycles. The lowest BCUT2D eigenvalue weighted by Crippen LogP contribution is -2.32. The molecular weight excluding hydrogens is 244 g/mol. The van der Waals surface area contributed by atoms with Crippen LogP contribution in [0.25, 0.3) is 0 Å². The Morgan fingerprint density at radius 2 is 2.53 bits per heavy atom. The van der Waals surface area contributed by atoms with Gasteiger partial charge in [-0.25, -0.2) is 0 Å². The van der Waals surface area contributed by atoms with E-state index in [1.165, 1.54) is 0 Å². The van der Waals surface area contributed by atoms with Gasteiger partial charge in [0.25, 0.3) is 0 Å². The number of aromatic nitrogens is 2. The average Bonchev–Trinajstić information content (AvgIpc) is 3.05. The molecule has 19 heavy (non-hydrogen) atoms. The van der Waals surface area contributed by atoms with Crippen molar-refractivity contribution in [3.05, 3.63) is 11.9 Å². The van der Waals surface area contributed by atoms with E-state index in [2.05, 4.69) is 17.4 Å². The highest BCUT2D eigenvalue weighted by atomic mass is 16.5. The molecule has 2 heterocycles. The molecule has 3 N–H and O–H groups in total. The average molecular weight is 268 g/mol. The van der Waals surface area contributed by atoms with E-state index in [1.54, 1.807) is 13.3 Å². The van der Waals surface area contributed by atoms with Gasteiger partial charge in [-0.2, -0.15) is 5.10 Å². The Labute approximate surface area is 114 Å². The quantitative estimate of drug-likeness (QED) is 0.575. The Bertz CT molecular complexity index is 388. The number of methoxy groups -OCH3 is 1. The van der Waals surface area contributed by atoms with Crippen molar-refractivity contribution >= 4 is 0 Å². The summed E-state index contributed by atoms with van der Waals surface area (Å²) in [6, 6.07) is 0.0516. The number of rotatable bonds is 7. The van der Waals surface area contributed by atoms with Gasteiger partial charge in [0.2, 0.25) is 0 Å². The predicted molar refractivity (Wildman–Crippen MR) is 72.7 cm³/mol. The zero-order valence-electron chi connectivity index (χ0n) is 11.8. The van der Waals surface area contributed by atoms with Crippen LogP contribution in [0.4, 0.5) is 0 Å². The Morgan fingerprint density at radius 1 is 1.68 bits per heavy atom. The molecule has 1 aliphatic rings. The summed E-state index contributed by atoms with van der Waals surface area (Å²) in [6.45, 7) is 4.68. The van der Waals surface area contributed by atoms with E-state index in [1.807, 2.05) is 4.68 Å². The molecule has 2 rings (SSSR count). The first-order valence-electron chi connectivity index (χ1n) is 6.93. The van der Waals surface area contributed by atoms with Crippen molar-refractivity contribution in [3.63, 3.8) is 0 Å². The van der Waals surface area contributed by atoms with Gasteiger partial charge in [0.05, 0.1) is 25.0 Å². The number of hydrogen-bond donors (Lipinski definition) is 2. The zero-order chi connectivity index (χ0) is 13.7. The van der Waals surface area contributed by atoms with Gasteiger partial charge in [0, 0.05) is 19.8 Å². The predicted octanol–water partition coefficient (Wildman–Crippen LogP) is 1.23. The van der Waals surface area contributed by atoms with Crippen molar-refractivity contribution < 1.29 is 9.47 Å². The van der Waals surface area contributed by atoms with Crippen molar-refractivity contribution in [3.8, 4) is 5.75 Å². The van der Waals surface area contributed by atoms with Crippen LogP contribution < -0.4 is 16.0 Å². The fourth-order valence-electron chi connectivity index (χ4n) is 2.64. The number of aryl methyl sites for hydroxylation is 1. The number of hydrogen-bond acceptors (Lipinski definition) is 5. The molecular formula is C13H24N4O2. The molecule has 0 amide bonds. The highest BCUT2D eigenvalue weighted by molar-refractivity contribution is 5.28. The van der Waals surface area contributed by atoms with Crippen LogP contribution in [0.15, 0.2) is 6.20 Å². The van der Waals surface area contributed by atoms with E-state index >= 15 is 0 Å². The second-order valence-corrected chi connectivity index (χ2v) is 5.01. The third kappa shape index (κ3) is 3.26. The number of hydrazine groups is 1. The van der Waals surface area contributed by atoms with Crippen molar-refractivity contribution in [2.45, 2.75) is 38.8 Å². The normalized spacial score (nSPS) is 20.7. The summed E-state index contributed by atoms with van der Waals surface area (Å²) < 4.78 is 12.8. The molecule has 0 aromatic carbocycles. The molecule has 1 saturated heterocycles. The number of nitrogens with one attached hydrogen (secondary N) is 1. The van der Waals surface area contributed by atoms with E-state index in [0.29, 0.717) is 5.92 Å². The topological polar surface area (TPSA) is 74.3 Å². The Balaban J connectivity index is 2.17. The van der Waals surface area contributed by atoms with Crippen LogP contribution in [0, 0.1) is 5.92 Å². The van der Waals surface area contributed by atoms with Gasteiger partial charge in [0.1, 0.15) is 0 Å². The largest absolute Gasteiger partial charge is 0.493 e.